The molecule has 0 aliphatic carbocycles. The summed E-state index contributed by atoms with van der Waals surface area (Å²) in [5.74, 6) is 0.378. The highest BCUT2D eigenvalue weighted by atomic mass is 35.5. The van der Waals surface area contributed by atoms with Crippen LogP contribution in [0.25, 0.3) is 0 Å². The molecule has 0 unspecified atom stereocenters. The van der Waals surface area contributed by atoms with Crippen molar-refractivity contribution in [1.82, 2.24) is 16.2 Å². The normalized spacial score (nSPS) is 11.6. The molecule has 0 bridgehead atoms. The summed E-state index contributed by atoms with van der Waals surface area (Å²) in [6.07, 6.45) is 1.56. The van der Waals surface area contributed by atoms with E-state index in [-0.39, 0.29) is 25.1 Å². The van der Waals surface area contributed by atoms with Crippen LogP contribution in [0.1, 0.15) is 18.7 Å². The number of rotatable bonds is 7. The van der Waals surface area contributed by atoms with Gasteiger partial charge in [0.2, 0.25) is 0 Å². The van der Waals surface area contributed by atoms with E-state index in [4.69, 9.17) is 20.8 Å². The maximum atomic E-state index is 11.7. The highest BCUT2D eigenvalue weighted by Gasteiger charge is 2.10. The van der Waals surface area contributed by atoms with Crippen LogP contribution in [-0.4, -0.2) is 25.0 Å². The van der Waals surface area contributed by atoms with Crippen LogP contribution in [0.2, 0.25) is 5.02 Å². The van der Waals surface area contributed by atoms with Crippen molar-refractivity contribution >= 4 is 23.4 Å². The summed E-state index contributed by atoms with van der Waals surface area (Å²) >= 11 is 5.75. The predicted molar refractivity (Wildman–Crippen MR) is 88.4 cm³/mol. The molecule has 0 aliphatic rings. The highest BCUT2D eigenvalue weighted by molar-refractivity contribution is 6.30. The van der Waals surface area contributed by atoms with Gasteiger partial charge in [-0.2, -0.15) is 0 Å². The van der Waals surface area contributed by atoms with E-state index in [9.17, 15) is 9.59 Å². The van der Waals surface area contributed by atoms with E-state index in [1.807, 2.05) is 13.0 Å². The molecule has 3 N–H and O–H groups in total. The molecule has 2 amide bonds. The van der Waals surface area contributed by atoms with Gasteiger partial charge in [-0.1, -0.05) is 11.6 Å². The van der Waals surface area contributed by atoms with Crippen molar-refractivity contribution < 1.29 is 18.7 Å². The largest absolute Gasteiger partial charge is 0.484 e. The van der Waals surface area contributed by atoms with Crippen LogP contribution in [0.4, 0.5) is 0 Å². The molecule has 1 atom stereocenters. The minimum atomic E-state index is -0.475. The van der Waals surface area contributed by atoms with Gasteiger partial charge in [0.25, 0.3) is 11.8 Å². The van der Waals surface area contributed by atoms with Gasteiger partial charge in [-0.25, -0.2) is 0 Å². The first-order chi connectivity index (χ1) is 11.5. The zero-order valence-electron chi connectivity index (χ0n) is 13.0. The molecule has 0 fully saturated rings. The number of carbonyl (C=O) groups is 2. The molecule has 2 rings (SSSR count). The summed E-state index contributed by atoms with van der Waals surface area (Å²) in [7, 11) is 0. The van der Waals surface area contributed by atoms with Crippen LogP contribution >= 0.6 is 11.6 Å². The molecule has 128 valence electrons. The Morgan fingerprint density at radius 1 is 1.17 bits per heavy atom. The second kappa shape index (κ2) is 8.95. The van der Waals surface area contributed by atoms with Gasteiger partial charge in [0.05, 0.1) is 18.8 Å². The Balaban J connectivity index is 1.62. The first-order valence-corrected chi connectivity index (χ1v) is 7.65. The van der Waals surface area contributed by atoms with E-state index in [0.717, 1.165) is 5.76 Å². The number of hydrogen-bond acceptors (Lipinski definition) is 5. The predicted octanol–water partition coefficient (Wildman–Crippen LogP) is 1.81. The van der Waals surface area contributed by atoms with Crippen LogP contribution in [0.3, 0.4) is 0 Å². The summed E-state index contributed by atoms with van der Waals surface area (Å²) in [6, 6.07) is 10.1. The Bertz CT molecular complexity index is 658. The summed E-state index contributed by atoms with van der Waals surface area (Å²) in [5, 5.41) is 3.55. The fourth-order valence-corrected chi connectivity index (χ4v) is 1.91. The SMILES string of the molecule is C[C@H](NCC(=O)NNC(=O)COc1ccc(Cl)cc1)c1ccco1. The lowest BCUT2D eigenvalue weighted by atomic mass is 10.2. The van der Waals surface area contributed by atoms with E-state index >= 15 is 0 Å². The summed E-state index contributed by atoms with van der Waals surface area (Å²) in [5.41, 5.74) is 4.57. The van der Waals surface area contributed by atoms with Crippen molar-refractivity contribution in [2.45, 2.75) is 13.0 Å². The minimum Gasteiger partial charge on any atom is -0.484 e. The third-order valence-electron chi connectivity index (χ3n) is 3.06. The first-order valence-electron chi connectivity index (χ1n) is 7.27. The van der Waals surface area contributed by atoms with Crippen LogP contribution in [0.15, 0.2) is 47.1 Å². The van der Waals surface area contributed by atoms with E-state index in [1.54, 1.807) is 36.6 Å². The molecular formula is C16H18ClN3O4. The van der Waals surface area contributed by atoms with E-state index in [1.165, 1.54) is 0 Å². The molecule has 0 saturated heterocycles. The summed E-state index contributed by atoms with van der Waals surface area (Å²) in [4.78, 5) is 23.3. The van der Waals surface area contributed by atoms with E-state index in [0.29, 0.717) is 10.8 Å². The average Bonchev–Trinajstić information content (AvgIpc) is 3.12. The monoisotopic (exact) mass is 351 g/mol. The van der Waals surface area contributed by atoms with Gasteiger partial charge < -0.3 is 9.15 Å². The molecule has 8 heteroatoms. The summed E-state index contributed by atoms with van der Waals surface area (Å²) in [6.45, 7) is 1.67. The fourth-order valence-electron chi connectivity index (χ4n) is 1.78. The molecule has 1 aromatic carbocycles. The number of hydrazine groups is 1. The first kappa shape index (κ1) is 17.8. The molecular weight excluding hydrogens is 334 g/mol. The van der Waals surface area contributed by atoms with Gasteiger partial charge in [-0.3, -0.25) is 25.8 Å². The Kier molecular flexibility index (Phi) is 6.65. The van der Waals surface area contributed by atoms with Gasteiger partial charge in [0, 0.05) is 5.02 Å². The lowest BCUT2D eigenvalue weighted by Crippen LogP contribution is -2.47. The third kappa shape index (κ3) is 5.94. The maximum absolute atomic E-state index is 11.7. The number of carbonyl (C=O) groups excluding carboxylic acids is 2. The standard InChI is InChI=1S/C16H18ClN3O4/c1-11(14-3-2-8-23-14)18-9-15(21)19-20-16(22)10-24-13-6-4-12(17)5-7-13/h2-8,11,18H,9-10H2,1H3,(H,19,21)(H,20,22)/t11-/m0/s1. The number of halogens is 1. The highest BCUT2D eigenvalue weighted by Crippen LogP contribution is 2.15. The molecule has 0 spiro atoms. The molecule has 0 radical (unpaired) electrons. The second-order valence-electron chi connectivity index (χ2n) is 4.96. The smallest absolute Gasteiger partial charge is 0.276 e. The van der Waals surface area contributed by atoms with Gasteiger partial charge in [0.1, 0.15) is 11.5 Å². The number of nitrogens with one attached hydrogen (secondary N) is 3. The Labute approximate surface area is 144 Å². The van der Waals surface area contributed by atoms with E-state index < -0.39 is 5.91 Å². The van der Waals surface area contributed by atoms with Crippen molar-refractivity contribution in [1.29, 1.82) is 0 Å². The van der Waals surface area contributed by atoms with Crippen LogP contribution in [-0.2, 0) is 9.59 Å². The lowest BCUT2D eigenvalue weighted by molar-refractivity contribution is -0.129. The van der Waals surface area contributed by atoms with Gasteiger partial charge in [0.15, 0.2) is 6.61 Å². The van der Waals surface area contributed by atoms with Gasteiger partial charge in [-0.05, 0) is 43.3 Å². The molecule has 24 heavy (non-hydrogen) atoms. The van der Waals surface area contributed by atoms with Gasteiger partial charge in [-0.15, -0.1) is 0 Å². The van der Waals surface area contributed by atoms with Crippen molar-refractivity contribution in [3.05, 3.63) is 53.4 Å². The second-order valence-corrected chi connectivity index (χ2v) is 5.39. The Morgan fingerprint density at radius 3 is 2.54 bits per heavy atom. The van der Waals surface area contributed by atoms with Gasteiger partial charge >= 0.3 is 0 Å². The van der Waals surface area contributed by atoms with Crippen LogP contribution in [0.5, 0.6) is 5.75 Å². The number of ether oxygens (including phenoxy) is 1. The maximum Gasteiger partial charge on any atom is 0.276 e. The Morgan fingerprint density at radius 2 is 1.88 bits per heavy atom. The molecule has 0 aliphatic heterocycles. The van der Waals surface area contributed by atoms with Crippen LogP contribution < -0.4 is 20.9 Å². The molecule has 2 aromatic rings. The molecule has 1 heterocycles. The molecule has 1 aromatic heterocycles. The fraction of sp³-hybridized carbons (Fsp3) is 0.250. The minimum absolute atomic E-state index is 0.0280. The quantitative estimate of drug-likeness (QED) is 0.662. The Hall–Kier alpha value is -2.51. The molecule has 7 nitrogen and oxygen atoms in total. The third-order valence-corrected chi connectivity index (χ3v) is 3.32. The lowest BCUT2D eigenvalue weighted by Gasteiger charge is -2.12. The number of benzene rings is 1. The zero-order chi connectivity index (χ0) is 17.4. The van der Waals surface area contributed by atoms with Crippen molar-refractivity contribution in [2.75, 3.05) is 13.2 Å². The van der Waals surface area contributed by atoms with Crippen molar-refractivity contribution in [2.24, 2.45) is 0 Å². The zero-order valence-corrected chi connectivity index (χ0v) is 13.8. The van der Waals surface area contributed by atoms with Crippen molar-refractivity contribution in [3.8, 4) is 5.75 Å². The van der Waals surface area contributed by atoms with Crippen LogP contribution in [0, 0.1) is 0 Å². The topological polar surface area (TPSA) is 92.6 Å². The van der Waals surface area contributed by atoms with E-state index in [2.05, 4.69) is 16.2 Å². The molecule has 0 saturated carbocycles. The number of amides is 2. The number of furan rings is 1. The summed E-state index contributed by atoms with van der Waals surface area (Å²) < 4.78 is 10.5. The average molecular weight is 352 g/mol. The number of hydrogen-bond donors (Lipinski definition) is 3. The van der Waals surface area contributed by atoms with Crippen molar-refractivity contribution in [3.63, 3.8) is 0 Å².